The molecule has 1 atom stereocenters. The Kier molecular flexibility index (Phi) is 9.05. The third-order valence-electron chi connectivity index (χ3n) is 3.24. The number of rotatable bonds is 4. The maximum Gasteiger partial charge on any atom is 0.333 e. The SMILES string of the molecule is C.COCC(=O)OC1C#CCCCCC#C/C1=C\c1ccccc1. The van der Waals surface area contributed by atoms with Gasteiger partial charge < -0.3 is 9.47 Å². The van der Waals surface area contributed by atoms with Crippen molar-refractivity contribution in [2.24, 2.45) is 0 Å². The summed E-state index contributed by atoms with van der Waals surface area (Å²) in [5.41, 5.74) is 1.71. The Morgan fingerprint density at radius 1 is 1.21 bits per heavy atom. The highest BCUT2D eigenvalue weighted by Crippen LogP contribution is 2.14. The van der Waals surface area contributed by atoms with Gasteiger partial charge in [-0.05, 0) is 24.5 Å². The van der Waals surface area contributed by atoms with Crippen LogP contribution >= 0.6 is 0 Å². The highest BCUT2D eigenvalue weighted by Gasteiger charge is 2.16. The molecule has 0 spiro atoms. The molecular formula is C21H24O3. The van der Waals surface area contributed by atoms with Gasteiger partial charge in [0.1, 0.15) is 6.61 Å². The number of benzene rings is 1. The van der Waals surface area contributed by atoms with Crippen molar-refractivity contribution < 1.29 is 14.3 Å². The molecule has 0 radical (unpaired) electrons. The Morgan fingerprint density at radius 2 is 1.92 bits per heavy atom. The van der Waals surface area contributed by atoms with Gasteiger partial charge in [0.25, 0.3) is 0 Å². The van der Waals surface area contributed by atoms with Crippen molar-refractivity contribution in [2.75, 3.05) is 13.7 Å². The number of ether oxygens (including phenoxy) is 2. The van der Waals surface area contributed by atoms with E-state index in [4.69, 9.17) is 9.47 Å². The number of esters is 1. The largest absolute Gasteiger partial charge is 0.442 e. The molecule has 0 aromatic heterocycles. The molecule has 1 aromatic rings. The molecule has 1 aliphatic rings. The van der Waals surface area contributed by atoms with Crippen LogP contribution < -0.4 is 0 Å². The average molecular weight is 324 g/mol. The van der Waals surface area contributed by atoms with E-state index >= 15 is 0 Å². The maximum absolute atomic E-state index is 11.8. The summed E-state index contributed by atoms with van der Waals surface area (Å²) < 4.78 is 10.3. The molecule has 0 saturated heterocycles. The van der Waals surface area contributed by atoms with Crippen LogP contribution in [0.5, 0.6) is 0 Å². The van der Waals surface area contributed by atoms with Crippen molar-refractivity contribution in [1.29, 1.82) is 0 Å². The molecule has 3 nitrogen and oxygen atoms in total. The molecule has 0 aliphatic heterocycles. The molecule has 24 heavy (non-hydrogen) atoms. The highest BCUT2D eigenvalue weighted by atomic mass is 16.6. The number of carbonyl (C=O) groups excluding carboxylic acids is 1. The normalized spacial score (nSPS) is 18.2. The summed E-state index contributed by atoms with van der Waals surface area (Å²) in [4.78, 5) is 11.8. The topological polar surface area (TPSA) is 35.5 Å². The zero-order valence-electron chi connectivity index (χ0n) is 13.3. The van der Waals surface area contributed by atoms with E-state index in [0.29, 0.717) is 5.57 Å². The minimum atomic E-state index is -0.650. The Balaban J connectivity index is 0.00000288. The highest BCUT2D eigenvalue weighted by molar-refractivity contribution is 5.72. The molecule has 0 bridgehead atoms. The lowest BCUT2D eigenvalue weighted by atomic mass is 10.0. The van der Waals surface area contributed by atoms with Crippen molar-refractivity contribution >= 4 is 12.0 Å². The number of hydrogen-bond donors (Lipinski definition) is 0. The van der Waals surface area contributed by atoms with Crippen LogP contribution in [0.1, 0.15) is 38.7 Å². The van der Waals surface area contributed by atoms with E-state index in [1.165, 1.54) is 7.11 Å². The molecule has 2 rings (SSSR count). The maximum atomic E-state index is 11.8. The predicted molar refractivity (Wildman–Crippen MR) is 96.9 cm³/mol. The molecular weight excluding hydrogens is 300 g/mol. The van der Waals surface area contributed by atoms with Crippen LogP contribution in [0, 0.1) is 23.7 Å². The molecule has 0 fully saturated rings. The van der Waals surface area contributed by atoms with Gasteiger partial charge in [-0.25, -0.2) is 4.79 Å². The van der Waals surface area contributed by atoms with Gasteiger partial charge in [0.2, 0.25) is 0 Å². The first-order valence-electron chi connectivity index (χ1n) is 7.72. The summed E-state index contributed by atoms with van der Waals surface area (Å²) in [5, 5.41) is 0. The minimum Gasteiger partial charge on any atom is -0.442 e. The smallest absolute Gasteiger partial charge is 0.333 e. The molecule has 126 valence electrons. The van der Waals surface area contributed by atoms with Crippen molar-refractivity contribution in [3.05, 3.63) is 41.5 Å². The Labute approximate surface area is 145 Å². The lowest BCUT2D eigenvalue weighted by Gasteiger charge is -2.13. The number of hydrogen-bond acceptors (Lipinski definition) is 3. The fraction of sp³-hybridized carbons (Fsp3) is 0.381. The van der Waals surface area contributed by atoms with Crippen molar-refractivity contribution in [1.82, 2.24) is 0 Å². The molecule has 0 amide bonds. The van der Waals surface area contributed by atoms with Gasteiger partial charge in [0.15, 0.2) is 6.10 Å². The van der Waals surface area contributed by atoms with Gasteiger partial charge in [-0.1, -0.05) is 61.4 Å². The van der Waals surface area contributed by atoms with Crippen molar-refractivity contribution in [3.63, 3.8) is 0 Å². The fourth-order valence-electron chi connectivity index (χ4n) is 2.12. The van der Waals surface area contributed by atoms with Gasteiger partial charge in [0, 0.05) is 20.0 Å². The Hall–Kier alpha value is -2.49. The standard InChI is InChI=1S/C20H20O3.CH4/c1-22-16-20(21)23-19-14-10-5-3-2-4-9-13-18(19)15-17-11-7-6-8-12-17;/h6-8,11-12,15,19H,2-5,16H2,1H3;1H4/b18-15+;. The summed E-state index contributed by atoms with van der Waals surface area (Å²) in [6.45, 7) is -0.0930. The second-order valence-electron chi connectivity index (χ2n) is 5.14. The van der Waals surface area contributed by atoms with Crippen LogP contribution in [-0.2, 0) is 14.3 Å². The van der Waals surface area contributed by atoms with E-state index in [1.807, 2.05) is 36.4 Å². The first-order chi connectivity index (χ1) is 11.3. The van der Waals surface area contributed by atoms with E-state index in [1.54, 1.807) is 0 Å². The van der Waals surface area contributed by atoms with Crippen LogP contribution in [0.2, 0.25) is 0 Å². The first kappa shape index (κ1) is 19.6. The third kappa shape index (κ3) is 6.73. The molecule has 0 heterocycles. The summed E-state index contributed by atoms with van der Waals surface area (Å²) >= 11 is 0. The minimum absolute atomic E-state index is 0. The third-order valence-corrected chi connectivity index (χ3v) is 3.24. The summed E-state index contributed by atoms with van der Waals surface area (Å²) in [6, 6.07) is 9.83. The van der Waals surface area contributed by atoms with Crippen LogP contribution in [-0.4, -0.2) is 25.8 Å². The Morgan fingerprint density at radius 3 is 2.62 bits per heavy atom. The second kappa shape index (κ2) is 11.1. The predicted octanol–water partition coefficient (Wildman–Crippen LogP) is 3.85. The molecule has 1 aromatic carbocycles. The summed E-state index contributed by atoms with van der Waals surface area (Å²) in [5.74, 6) is 12.0. The van der Waals surface area contributed by atoms with Crippen LogP contribution in [0.4, 0.5) is 0 Å². The quantitative estimate of drug-likeness (QED) is 0.623. The first-order valence-corrected chi connectivity index (χ1v) is 7.72. The van der Waals surface area contributed by atoms with E-state index in [9.17, 15) is 4.79 Å². The second-order valence-corrected chi connectivity index (χ2v) is 5.14. The number of methoxy groups -OCH3 is 1. The van der Waals surface area contributed by atoms with Crippen LogP contribution in [0.25, 0.3) is 6.08 Å². The average Bonchev–Trinajstić information content (AvgIpc) is 2.56. The van der Waals surface area contributed by atoms with E-state index in [2.05, 4.69) is 23.7 Å². The molecule has 1 unspecified atom stereocenters. The van der Waals surface area contributed by atoms with E-state index in [-0.39, 0.29) is 14.0 Å². The van der Waals surface area contributed by atoms with Crippen molar-refractivity contribution in [2.45, 2.75) is 39.2 Å². The zero-order valence-corrected chi connectivity index (χ0v) is 13.3. The summed E-state index contributed by atoms with van der Waals surface area (Å²) in [6.07, 6.45) is 4.94. The lowest BCUT2D eigenvalue weighted by molar-refractivity contribution is -0.149. The van der Waals surface area contributed by atoms with Crippen LogP contribution in [0.3, 0.4) is 0 Å². The lowest BCUT2D eigenvalue weighted by Crippen LogP contribution is -2.21. The Bertz CT molecular complexity index is 666. The number of carbonyl (C=O) groups is 1. The van der Waals surface area contributed by atoms with Gasteiger partial charge >= 0.3 is 5.97 Å². The molecule has 0 N–H and O–H groups in total. The molecule has 0 saturated carbocycles. The monoisotopic (exact) mass is 324 g/mol. The van der Waals surface area contributed by atoms with Crippen molar-refractivity contribution in [3.8, 4) is 23.7 Å². The summed E-state index contributed by atoms with van der Waals surface area (Å²) in [7, 11) is 1.46. The van der Waals surface area contributed by atoms with E-state index in [0.717, 1.165) is 31.2 Å². The van der Waals surface area contributed by atoms with Gasteiger partial charge in [0.05, 0.1) is 5.57 Å². The zero-order chi connectivity index (χ0) is 16.3. The van der Waals surface area contributed by atoms with Crippen LogP contribution in [0.15, 0.2) is 35.9 Å². The van der Waals surface area contributed by atoms with Gasteiger partial charge in [-0.3, -0.25) is 0 Å². The van der Waals surface area contributed by atoms with E-state index < -0.39 is 12.1 Å². The van der Waals surface area contributed by atoms with Gasteiger partial charge in [-0.15, -0.1) is 0 Å². The molecule has 1 aliphatic carbocycles. The van der Waals surface area contributed by atoms with Gasteiger partial charge in [-0.2, -0.15) is 0 Å². The fourth-order valence-corrected chi connectivity index (χ4v) is 2.12. The molecule has 3 heteroatoms.